The molecule has 1 aromatic heterocycles. The van der Waals surface area contributed by atoms with Gasteiger partial charge in [-0.15, -0.1) is 0 Å². The van der Waals surface area contributed by atoms with E-state index in [2.05, 4.69) is 15.3 Å². The summed E-state index contributed by atoms with van der Waals surface area (Å²) in [7, 11) is 0. The van der Waals surface area contributed by atoms with Gasteiger partial charge in [-0.3, -0.25) is 0 Å². The van der Waals surface area contributed by atoms with Crippen LogP contribution in [0, 0.1) is 0 Å². The van der Waals surface area contributed by atoms with E-state index in [1.807, 2.05) is 30.5 Å². The van der Waals surface area contributed by atoms with Crippen LogP contribution in [0.1, 0.15) is 5.82 Å². The Morgan fingerprint density at radius 2 is 2.07 bits per heavy atom. The first-order valence-corrected chi connectivity index (χ1v) is 4.92. The van der Waals surface area contributed by atoms with E-state index in [4.69, 9.17) is 5.73 Å². The van der Waals surface area contributed by atoms with Crippen LogP contribution in [0.5, 0.6) is 0 Å². The van der Waals surface area contributed by atoms with E-state index < -0.39 is 0 Å². The molecule has 2 aromatic rings. The minimum atomic E-state index is 0.784. The summed E-state index contributed by atoms with van der Waals surface area (Å²) in [6.45, 7) is 0.859. The van der Waals surface area contributed by atoms with Crippen molar-refractivity contribution in [1.29, 1.82) is 0 Å². The van der Waals surface area contributed by atoms with Gasteiger partial charge in [0.25, 0.3) is 0 Å². The van der Waals surface area contributed by atoms with E-state index in [1.165, 1.54) is 0 Å². The van der Waals surface area contributed by atoms with Crippen molar-refractivity contribution < 1.29 is 0 Å². The van der Waals surface area contributed by atoms with Crippen molar-refractivity contribution >= 4 is 11.4 Å². The van der Waals surface area contributed by atoms with Gasteiger partial charge in [0, 0.05) is 36.7 Å². The summed E-state index contributed by atoms with van der Waals surface area (Å²) < 4.78 is 0. The molecule has 0 aliphatic rings. The third-order valence-electron chi connectivity index (χ3n) is 2.16. The molecule has 0 spiro atoms. The van der Waals surface area contributed by atoms with E-state index >= 15 is 0 Å². The van der Waals surface area contributed by atoms with Gasteiger partial charge >= 0.3 is 0 Å². The highest BCUT2D eigenvalue weighted by Crippen LogP contribution is 2.10. The van der Waals surface area contributed by atoms with Crippen LogP contribution in [-0.2, 0) is 6.42 Å². The molecule has 2 rings (SSSR count). The van der Waals surface area contributed by atoms with Crippen molar-refractivity contribution in [2.45, 2.75) is 6.42 Å². The van der Waals surface area contributed by atoms with Gasteiger partial charge in [0.2, 0.25) is 0 Å². The predicted octanol–water partition coefficient (Wildman–Crippen LogP) is 1.65. The van der Waals surface area contributed by atoms with Gasteiger partial charge < -0.3 is 16.0 Å². The zero-order valence-corrected chi connectivity index (χ0v) is 8.40. The molecule has 1 aromatic carbocycles. The molecule has 0 bridgehead atoms. The molecule has 0 aliphatic carbocycles. The van der Waals surface area contributed by atoms with Crippen molar-refractivity contribution in [2.24, 2.45) is 0 Å². The summed E-state index contributed by atoms with van der Waals surface area (Å²) in [5, 5.41) is 3.29. The molecule has 0 unspecified atom stereocenters. The normalized spacial score (nSPS) is 10.1. The van der Waals surface area contributed by atoms with E-state index in [0.29, 0.717) is 0 Å². The molecule has 4 N–H and O–H groups in total. The lowest BCUT2D eigenvalue weighted by atomic mass is 10.3. The molecule has 15 heavy (non-hydrogen) atoms. The van der Waals surface area contributed by atoms with Crippen LogP contribution in [0.3, 0.4) is 0 Å². The van der Waals surface area contributed by atoms with Gasteiger partial charge in [-0.05, 0) is 24.3 Å². The van der Waals surface area contributed by atoms with Crippen LogP contribution in [0.4, 0.5) is 11.4 Å². The van der Waals surface area contributed by atoms with Gasteiger partial charge in [-0.25, -0.2) is 4.98 Å². The summed E-state index contributed by atoms with van der Waals surface area (Å²) >= 11 is 0. The first kappa shape index (κ1) is 9.58. The number of anilines is 2. The fourth-order valence-corrected chi connectivity index (χ4v) is 1.36. The fourth-order valence-electron chi connectivity index (χ4n) is 1.36. The molecule has 0 saturated carbocycles. The number of nitrogen functional groups attached to an aromatic ring is 1. The number of rotatable bonds is 4. The largest absolute Gasteiger partial charge is 0.399 e. The van der Waals surface area contributed by atoms with E-state index in [-0.39, 0.29) is 0 Å². The van der Waals surface area contributed by atoms with Crippen LogP contribution in [0.25, 0.3) is 0 Å². The smallest absolute Gasteiger partial charge is 0.107 e. The van der Waals surface area contributed by atoms with E-state index in [1.54, 1.807) is 6.20 Å². The summed E-state index contributed by atoms with van der Waals surface area (Å²) in [5.41, 5.74) is 7.45. The maximum absolute atomic E-state index is 5.59. The van der Waals surface area contributed by atoms with E-state index in [9.17, 15) is 0 Å². The highest BCUT2D eigenvalue weighted by atomic mass is 14.9. The molecule has 4 nitrogen and oxygen atoms in total. The van der Waals surface area contributed by atoms with Crippen LogP contribution in [0.15, 0.2) is 36.7 Å². The second-order valence-corrected chi connectivity index (χ2v) is 3.33. The highest BCUT2D eigenvalue weighted by molar-refractivity contribution is 5.51. The topological polar surface area (TPSA) is 66.7 Å². The Morgan fingerprint density at radius 1 is 1.27 bits per heavy atom. The number of imidazole rings is 1. The number of aromatic amines is 1. The summed E-state index contributed by atoms with van der Waals surface area (Å²) in [5.74, 6) is 0.998. The predicted molar refractivity (Wildman–Crippen MR) is 61.6 cm³/mol. The van der Waals surface area contributed by atoms with Crippen LogP contribution >= 0.6 is 0 Å². The maximum atomic E-state index is 5.59. The number of aromatic nitrogens is 2. The first-order valence-electron chi connectivity index (χ1n) is 4.92. The molecule has 0 atom stereocenters. The Hall–Kier alpha value is -1.97. The van der Waals surface area contributed by atoms with Gasteiger partial charge in [0.1, 0.15) is 5.82 Å². The number of nitrogens with two attached hydrogens (primary N) is 1. The number of H-pyrrole nitrogens is 1. The third kappa shape index (κ3) is 2.74. The SMILES string of the molecule is Nc1ccc(NCCc2ncc[nH]2)cc1. The second-order valence-electron chi connectivity index (χ2n) is 3.33. The van der Waals surface area contributed by atoms with Crippen molar-refractivity contribution in [1.82, 2.24) is 9.97 Å². The number of nitrogens with zero attached hydrogens (tertiary/aromatic N) is 1. The number of benzene rings is 1. The molecular formula is C11H14N4. The van der Waals surface area contributed by atoms with Crippen LogP contribution < -0.4 is 11.1 Å². The average molecular weight is 202 g/mol. The van der Waals surface area contributed by atoms with Gasteiger partial charge in [-0.1, -0.05) is 0 Å². The Bertz CT molecular complexity index is 391. The molecule has 0 radical (unpaired) electrons. The lowest BCUT2D eigenvalue weighted by Gasteiger charge is -2.04. The third-order valence-corrected chi connectivity index (χ3v) is 2.16. The van der Waals surface area contributed by atoms with Crippen molar-refractivity contribution in [2.75, 3.05) is 17.6 Å². The van der Waals surface area contributed by atoms with Crippen LogP contribution in [0.2, 0.25) is 0 Å². The lowest BCUT2D eigenvalue weighted by molar-refractivity contribution is 0.927. The van der Waals surface area contributed by atoms with E-state index in [0.717, 1.165) is 30.2 Å². The molecule has 4 heteroatoms. The Kier molecular flexibility index (Phi) is 2.88. The molecule has 0 saturated heterocycles. The molecule has 0 aliphatic heterocycles. The summed E-state index contributed by atoms with van der Waals surface area (Å²) in [6, 6.07) is 7.71. The maximum Gasteiger partial charge on any atom is 0.107 e. The lowest BCUT2D eigenvalue weighted by Crippen LogP contribution is -2.05. The van der Waals surface area contributed by atoms with Crippen LogP contribution in [-0.4, -0.2) is 16.5 Å². The standard InChI is InChI=1S/C11H14N4/c12-9-1-3-10(4-2-9)13-6-5-11-14-7-8-15-11/h1-4,7-8,13H,5-6,12H2,(H,14,15). The molecular weight excluding hydrogens is 188 g/mol. The zero-order valence-electron chi connectivity index (χ0n) is 8.40. The first-order chi connectivity index (χ1) is 7.34. The molecule has 1 heterocycles. The Balaban J connectivity index is 1.81. The number of hydrogen-bond donors (Lipinski definition) is 3. The number of nitrogens with one attached hydrogen (secondary N) is 2. The van der Waals surface area contributed by atoms with Gasteiger partial charge in [-0.2, -0.15) is 0 Å². The highest BCUT2D eigenvalue weighted by Gasteiger charge is 1.94. The minimum Gasteiger partial charge on any atom is -0.399 e. The average Bonchev–Trinajstić information content (AvgIpc) is 2.74. The Labute approximate surface area is 88.5 Å². The monoisotopic (exact) mass is 202 g/mol. The van der Waals surface area contributed by atoms with Crippen molar-refractivity contribution in [3.05, 3.63) is 42.5 Å². The molecule has 0 amide bonds. The van der Waals surface area contributed by atoms with Gasteiger partial charge in [0.15, 0.2) is 0 Å². The van der Waals surface area contributed by atoms with Crippen molar-refractivity contribution in [3.63, 3.8) is 0 Å². The second kappa shape index (κ2) is 4.50. The fraction of sp³-hybridized carbons (Fsp3) is 0.182. The summed E-state index contributed by atoms with van der Waals surface area (Å²) in [6.07, 6.45) is 4.48. The zero-order chi connectivity index (χ0) is 10.5. The summed E-state index contributed by atoms with van der Waals surface area (Å²) in [4.78, 5) is 7.21. The minimum absolute atomic E-state index is 0.784. The quantitative estimate of drug-likeness (QED) is 0.660. The molecule has 0 fully saturated rings. The number of hydrogen-bond acceptors (Lipinski definition) is 3. The van der Waals surface area contributed by atoms with Gasteiger partial charge in [0.05, 0.1) is 0 Å². The molecule has 78 valence electrons. The van der Waals surface area contributed by atoms with Crippen molar-refractivity contribution in [3.8, 4) is 0 Å². The Morgan fingerprint density at radius 3 is 2.73 bits per heavy atom.